The molecule has 0 saturated carbocycles. The van der Waals surface area contributed by atoms with Crippen LogP contribution in [0.15, 0.2) is 53.4 Å². The Morgan fingerprint density at radius 1 is 1.17 bits per heavy atom. The molecule has 2 aromatic carbocycles. The molecule has 1 saturated heterocycles. The van der Waals surface area contributed by atoms with Crippen LogP contribution in [-0.4, -0.2) is 52.0 Å². The van der Waals surface area contributed by atoms with E-state index < -0.39 is 10.0 Å². The van der Waals surface area contributed by atoms with Gasteiger partial charge in [-0.05, 0) is 42.7 Å². The van der Waals surface area contributed by atoms with Gasteiger partial charge in [-0.3, -0.25) is 4.79 Å². The lowest BCUT2D eigenvalue weighted by molar-refractivity contribution is -0.121. The zero-order chi connectivity index (χ0) is 21.6. The summed E-state index contributed by atoms with van der Waals surface area (Å²) in [7, 11) is -2.07. The van der Waals surface area contributed by atoms with Crippen LogP contribution in [0.3, 0.4) is 0 Å². The fraction of sp³-hybridized carbons (Fsp3) is 0.409. The lowest BCUT2D eigenvalue weighted by Crippen LogP contribution is -2.40. The molecular weight excluding hydrogens is 404 g/mol. The first-order valence-corrected chi connectivity index (χ1v) is 11.4. The second kappa shape index (κ2) is 10.1. The fourth-order valence-electron chi connectivity index (χ4n) is 3.43. The topological polar surface area (TPSA) is 84.9 Å². The summed E-state index contributed by atoms with van der Waals surface area (Å²) in [4.78, 5) is 12.6. The molecule has 0 spiro atoms. The summed E-state index contributed by atoms with van der Waals surface area (Å²) >= 11 is 0. The number of morpholine rings is 1. The normalized spacial score (nSPS) is 16.1. The zero-order valence-electron chi connectivity index (χ0n) is 17.3. The number of carbonyl (C=O) groups is 1. The number of amides is 1. The van der Waals surface area contributed by atoms with Gasteiger partial charge in [0.25, 0.3) is 0 Å². The van der Waals surface area contributed by atoms with E-state index in [1.165, 1.54) is 11.4 Å². The van der Waals surface area contributed by atoms with Crippen molar-refractivity contribution < 1.29 is 22.7 Å². The number of carbonyl (C=O) groups excluding carboxylic acids is 1. The van der Waals surface area contributed by atoms with E-state index in [1.54, 1.807) is 18.2 Å². The Hall–Kier alpha value is -2.42. The number of ether oxygens (including phenoxy) is 2. The van der Waals surface area contributed by atoms with E-state index >= 15 is 0 Å². The first-order chi connectivity index (χ1) is 14.4. The Bertz CT molecular complexity index is 957. The number of benzene rings is 2. The highest BCUT2D eigenvalue weighted by Crippen LogP contribution is 2.26. The summed E-state index contributed by atoms with van der Waals surface area (Å²) in [6.45, 7) is 3.39. The number of rotatable bonds is 8. The van der Waals surface area contributed by atoms with Crippen molar-refractivity contribution in [3.63, 3.8) is 0 Å². The number of aryl methyl sites for hydroxylation is 1. The third kappa shape index (κ3) is 5.38. The third-order valence-electron chi connectivity index (χ3n) is 5.16. The average Bonchev–Trinajstić information content (AvgIpc) is 2.78. The number of nitrogens with one attached hydrogen (secondary N) is 1. The van der Waals surface area contributed by atoms with E-state index in [4.69, 9.17) is 9.47 Å². The highest BCUT2D eigenvalue weighted by Gasteiger charge is 2.27. The van der Waals surface area contributed by atoms with Crippen molar-refractivity contribution in [1.29, 1.82) is 0 Å². The maximum atomic E-state index is 12.9. The summed E-state index contributed by atoms with van der Waals surface area (Å²) in [5.74, 6) is 0.467. The van der Waals surface area contributed by atoms with E-state index in [9.17, 15) is 13.2 Å². The van der Waals surface area contributed by atoms with Crippen molar-refractivity contribution >= 4 is 15.9 Å². The van der Waals surface area contributed by atoms with Gasteiger partial charge in [-0.2, -0.15) is 4.31 Å². The smallest absolute Gasteiger partial charge is 0.243 e. The molecule has 1 amide bonds. The Labute approximate surface area is 178 Å². The van der Waals surface area contributed by atoms with Gasteiger partial charge < -0.3 is 14.8 Å². The minimum Gasteiger partial charge on any atom is -0.496 e. The van der Waals surface area contributed by atoms with Crippen LogP contribution >= 0.6 is 0 Å². The molecule has 1 N–H and O–H groups in total. The van der Waals surface area contributed by atoms with Gasteiger partial charge in [-0.15, -0.1) is 0 Å². The maximum absolute atomic E-state index is 12.9. The second-order valence-corrected chi connectivity index (χ2v) is 9.13. The molecule has 1 heterocycles. The van der Waals surface area contributed by atoms with Crippen LogP contribution in [0.1, 0.15) is 30.5 Å². The Morgan fingerprint density at radius 3 is 2.53 bits per heavy atom. The van der Waals surface area contributed by atoms with Crippen molar-refractivity contribution in [3.05, 3.63) is 59.7 Å². The van der Waals surface area contributed by atoms with Gasteiger partial charge in [0.1, 0.15) is 5.75 Å². The molecule has 8 heteroatoms. The van der Waals surface area contributed by atoms with Crippen molar-refractivity contribution in [3.8, 4) is 5.75 Å². The van der Waals surface area contributed by atoms with Crippen molar-refractivity contribution in [2.45, 2.75) is 30.7 Å². The van der Waals surface area contributed by atoms with Gasteiger partial charge in [0.15, 0.2) is 0 Å². The first-order valence-electron chi connectivity index (χ1n) is 10.0. The minimum atomic E-state index is -3.61. The van der Waals surface area contributed by atoms with E-state index in [-0.39, 0.29) is 23.3 Å². The van der Waals surface area contributed by atoms with Gasteiger partial charge in [-0.25, -0.2) is 8.42 Å². The number of hydrogen-bond acceptors (Lipinski definition) is 5. The average molecular weight is 433 g/mol. The molecule has 0 unspecified atom stereocenters. The Morgan fingerprint density at radius 2 is 1.87 bits per heavy atom. The van der Waals surface area contributed by atoms with Crippen molar-refractivity contribution in [2.75, 3.05) is 33.4 Å². The third-order valence-corrected chi connectivity index (χ3v) is 7.05. The number of nitrogens with zero attached hydrogens (tertiary/aromatic N) is 1. The highest BCUT2D eigenvalue weighted by atomic mass is 32.2. The van der Waals surface area contributed by atoms with Crippen LogP contribution in [0.5, 0.6) is 5.75 Å². The lowest BCUT2D eigenvalue weighted by Gasteiger charge is -2.26. The summed E-state index contributed by atoms with van der Waals surface area (Å²) in [6, 6.07) is 14.4. The summed E-state index contributed by atoms with van der Waals surface area (Å²) < 4.78 is 37.9. The van der Waals surface area contributed by atoms with Crippen molar-refractivity contribution in [1.82, 2.24) is 9.62 Å². The molecular formula is C22H28N2O5S. The molecule has 2 aromatic rings. The predicted octanol–water partition coefficient (Wildman–Crippen LogP) is 2.53. The maximum Gasteiger partial charge on any atom is 0.243 e. The molecule has 1 atom stereocenters. The van der Waals surface area contributed by atoms with Gasteiger partial charge >= 0.3 is 0 Å². The Balaban J connectivity index is 1.69. The van der Waals surface area contributed by atoms with Gasteiger partial charge in [-0.1, -0.05) is 30.3 Å². The summed E-state index contributed by atoms with van der Waals surface area (Å²) in [5.41, 5.74) is 1.72. The fourth-order valence-corrected chi connectivity index (χ4v) is 4.89. The van der Waals surface area contributed by atoms with Gasteiger partial charge in [0, 0.05) is 19.5 Å². The van der Waals surface area contributed by atoms with Crippen LogP contribution in [0, 0.1) is 0 Å². The van der Waals surface area contributed by atoms with Gasteiger partial charge in [0.2, 0.25) is 15.9 Å². The van der Waals surface area contributed by atoms with E-state index in [0.29, 0.717) is 44.0 Å². The second-order valence-electron chi connectivity index (χ2n) is 7.19. The molecule has 1 aliphatic heterocycles. The zero-order valence-corrected chi connectivity index (χ0v) is 18.2. The summed E-state index contributed by atoms with van der Waals surface area (Å²) in [6.07, 6.45) is 0.609. The lowest BCUT2D eigenvalue weighted by atomic mass is 10.1. The standard InChI is InChI=1S/C22H28N2O5S/c1-17(18-6-4-3-5-7-18)23-22(25)11-8-19-16-20(9-10-21(19)28-2)30(26,27)24-12-14-29-15-13-24/h3-7,9-10,16-17H,8,11-15H2,1-2H3,(H,23,25)/t17-/m1/s1. The molecule has 1 fully saturated rings. The van der Waals surface area contributed by atoms with Crippen LogP contribution in [0.4, 0.5) is 0 Å². The molecule has 0 aromatic heterocycles. The quantitative estimate of drug-likeness (QED) is 0.693. The number of sulfonamides is 1. The molecule has 30 heavy (non-hydrogen) atoms. The predicted molar refractivity (Wildman–Crippen MR) is 114 cm³/mol. The largest absolute Gasteiger partial charge is 0.496 e. The monoisotopic (exact) mass is 432 g/mol. The molecule has 0 radical (unpaired) electrons. The van der Waals surface area contributed by atoms with E-state index in [2.05, 4.69) is 5.32 Å². The molecule has 1 aliphatic rings. The molecule has 162 valence electrons. The minimum absolute atomic E-state index is 0.102. The Kier molecular flexibility index (Phi) is 7.47. The number of methoxy groups -OCH3 is 1. The number of hydrogen-bond donors (Lipinski definition) is 1. The van der Waals surface area contributed by atoms with Crippen LogP contribution < -0.4 is 10.1 Å². The van der Waals surface area contributed by atoms with Crippen LogP contribution in [0.25, 0.3) is 0 Å². The SMILES string of the molecule is COc1ccc(S(=O)(=O)N2CCOCC2)cc1CCC(=O)N[C@H](C)c1ccccc1. The molecule has 0 aliphatic carbocycles. The van der Waals surface area contributed by atoms with E-state index in [1.807, 2.05) is 37.3 Å². The molecule has 7 nitrogen and oxygen atoms in total. The molecule has 3 rings (SSSR count). The van der Waals surface area contributed by atoms with Crippen LogP contribution in [0.2, 0.25) is 0 Å². The molecule has 0 bridgehead atoms. The van der Waals surface area contributed by atoms with Crippen molar-refractivity contribution in [2.24, 2.45) is 0 Å². The van der Waals surface area contributed by atoms with Gasteiger partial charge in [0.05, 0.1) is 31.3 Å². The van der Waals surface area contributed by atoms with Crippen LogP contribution in [-0.2, 0) is 26.0 Å². The van der Waals surface area contributed by atoms with E-state index in [0.717, 1.165) is 5.56 Å². The summed E-state index contributed by atoms with van der Waals surface area (Å²) in [5, 5.41) is 2.98. The highest BCUT2D eigenvalue weighted by molar-refractivity contribution is 7.89. The first kappa shape index (κ1) is 22.3.